The molecular weight excluding hydrogens is 256 g/mol. The number of pyridine rings is 1. The van der Waals surface area contributed by atoms with Crippen molar-refractivity contribution in [3.8, 4) is 5.88 Å². The Morgan fingerprint density at radius 1 is 1.40 bits per heavy atom. The summed E-state index contributed by atoms with van der Waals surface area (Å²) < 4.78 is 11.4. The molecule has 2 saturated heterocycles. The van der Waals surface area contributed by atoms with Gasteiger partial charge in [0.25, 0.3) is 5.91 Å². The summed E-state index contributed by atoms with van der Waals surface area (Å²) in [6.45, 7) is 3.39. The molecule has 0 saturated carbocycles. The van der Waals surface area contributed by atoms with Crippen LogP contribution in [0.25, 0.3) is 0 Å². The number of nitrogens with zero attached hydrogens (tertiary/aromatic N) is 2. The van der Waals surface area contributed by atoms with E-state index in [0.717, 1.165) is 25.8 Å². The molecule has 2 aliphatic rings. The molecule has 0 spiro atoms. The van der Waals surface area contributed by atoms with Gasteiger partial charge in [0, 0.05) is 25.2 Å². The normalized spacial score (nSPS) is 29.6. The van der Waals surface area contributed by atoms with Crippen molar-refractivity contribution in [2.45, 2.75) is 44.5 Å². The van der Waals surface area contributed by atoms with Crippen LogP contribution in [-0.4, -0.2) is 47.2 Å². The SMILES string of the molecule is CC1CCC(C(=O)N2CCC(Oc3ccccn3)C2)O1. The van der Waals surface area contributed by atoms with Crippen LogP contribution < -0.4 is 4.74 Å². The van der Waals surface area contributed by atoms with Gasteiger partial charge in [-0.05, 0) is 25.8 Å². The second-order valence-electron chi connectivity index (χ2n) is 5.49. The van der Waals surface area contributed by atoms with Crippen LogP contribution in [0.4, 0.5) is 0 Å². The molecule has 0 aromatic carbocycles. The topological polar surface area (TPSA) is 51.7 Å². The fraction of sp³-hybridized carbons (Fsp3) is 0.600. The second-order valence-corrected chi connectivity index (χ2v) is 5.49. The van der Waals surface area contributed by atoms with E-state index < -0.39 is 0 Å². The first kappa shape index (κ1) is 13.4. The second kappa shape index (κ2) is 5.79. The van der Waals surface area contributed by atoms with Crippen molar-refractivity contribution in [2.75, 3.05) is 13.1 Å². The molecule has 3 rings (SSSR count). The third-order valence-electron chi connectivity index (χ3n) is 3.89. The first-order chi connectivity index (χ1) is 9.72. The van der Waals surface area contributed by atoms with Crippen LogP contribution in [0.15, 0.2) is 24.4 Å². The average Bonchev–Trinajstić information content (AvgIpc) is 3.08. The molecular formula is C15H20N2O3. The van der Waals surface area contributed by atoms with Gasteiger partial charge in [-0.25, -0.2) is 4.98 Å². The minimum atomic E-state index is -0.251. The summed E-state index contributed by atoms with van der Waals surface area (Å²) in [7, 11) is 0. The van der Waals surface area contributed by atoms with Crippen LogP contribution in [0, 0.1) is 0 Å². The van der Waals surface area contributed by atoms with Crippen molar-refractivity contribution in [3.05, 3.63) is 24.4 Å². The number of carbonyl (C=O) groups is 1. The maximum atomic E-state index is 12.3. The van der Waals surface area contributed by atoms with Crippen molar-refractivity contribution in [2.24, 2.45) is 0 Å². The van der Waals surface area contributed by atoms with Crippen LogP contribution in [-0.2, 0) is 9.53 Å². The fourth-order valence-electron chi connectivity index (χ4n) is 2.80. The molecule has 1 aromatic heterocycles. The van der Waals surface area contributed by atoms with Crippen molar-refractivity contribution < 1.29 is 14.3 Å². The van der Waals surface area contributed by atoms with Gasteiger partial charge in [0.15, 0.2) is 0 Å². The van der Waals surface area contributed by atoms with E-state index in [9.17, 15) is 4.79 Å². The van der Waals surface area contributed by atoms with Crippen molar-refractivity contribution in [1.29, 1.82) is 0 Å². The lowest BCUT2D eigenvalue weighted by Gasteiger charge is -2.20. The van der Waals surface area contributed by atoms with E-state index in [2.05, 4.69) is 4.98 Å². The molecule has 3 unspecified atom stereocenters. The predicted molar refractivity (Wildman–Crippen MR) is 73.4 cm³/mol. The highest BCUT2D eigenvalue weighted by atomic mass is 16.5. The van der Waals surface area contributed by atoms with E-state index in [-0.39, 0.29) is 24.2 Å². The Bertz CT molecular complexity index is 465. The Morgan fingerprint density at radius 2 is 2.30 bits per heavy atom. The zero-order valence-corrected chi connectivity index (χ0v) is 11.7. The van der Waals surface area contributed by atoms with Crippen molar-refractivity contribution in [3.63, 3.8) is 0 Å². The molecule has 5 heteroatoms. The molecule has 1 aromatic rings. The van der Waals surface area contributed by atoms with Gasteiger partial charge in [-0.15, -0.1) is 0 Å². The van der Waals surface area contributed by atoms with Gasteiger partial charge >= 0.3 is 0 Å². The maximum absolute atomic E-state index is 12.3. The maximum Gasteiger partial charge on any atom is 0.251 e. The largest absolute Gasteiger partial charge is 0.472 e. The number of likely N-dealkylation sites (tertiary alicyclic amines) is 1. The van der Waals surface area contributed by atoms with E-state index in [1.807, 2.05) is 30.0 Å². The highest BCUT2D eigenvalue weighted by molar-refractivity contribution is 5.81. The van der Waals surface area contributed by atoms with Gasteiger partial charge in [-0.1, -0.05) is 6.07 Å². The molecule has 108 valence electrons. The quantitative estimate of drug-likeness (QED) is 0.842. The van der Waals surface area contributed by atoms with E-state index in [0.29, 0.717) is 12.4 Å². The smallest absolute Gasteiger partial charge is 0.251 e. The first-order valence-corrected chi connectivity index (χ1v) is 7.24. The first-order valence-electron chi connectivity index (χ1n) is 7.24. The van der Waals surface area contributed by atoms with Gasteiger partial charge in [0.2, 0.25) is 5.88 Å². The highest BCUT2D eigenvalue weighted by Gasteiger charge is 2.35. The third-order valence-corrected chi connectivity index (χ3v) is 3.89. The number of hydrogen-bond acceptors (Lipinski definition) is 4. The summed E-state index contributed by atoms with van der Waals surface area (Å²) in [6, 6.07) is 5.59. The number of amides is 1. The summed E-state index contributed by atoms with van der Waals surface area (Å²) >= 11 is 0. The minimum Gasteiger partial charge on any atom is -0.472 e. The van der Waals surface area contributed by atoms with Crippen LogP contribution in [0.3, 0.4) is 0 Å². The average molecular weight is 276 g/mol. The molecule has 3 atom stereocenters. The van der Waals surface area contributed by atoms with Crippen LogP contribution in [0.5, 0.6) is 5.88 Å². The Kier molecular flexibility index (Phi) is 3.87. The van der Waals surface area contributed by atoms with Gasteiger partial charge in [0.05, 0.1) is 12.6 Å². The molecule has 0 N–H and O–H groups in total. The lowest BCUT2D eigenvalue weighted by Crippen LogP contribution is -2.38. The zero-order chi connectivity index (χ0) is 13.9. The lowest BCUT2D eigenvalue weighted by molar-refractivity contribution is -0.141. The van der Waals surface area contributed by atoms with E-state index in [1.165, 1.54) is 0 Å². The lowest BCUT2D eigenvalue weighted by atomic mass is 10.2. The number of ether oxygens (including phenoxy) is 2. The number of hydrogen-bond donors (Lipinski definition) is 0. The van der Waals surface area contributed by atoms with Gasteiger partial charge in [-0.3, -0.25) is 4.79 Å². The molecule has 2 aliphatic heterocycles. The van der Waals surface area contributed by atoms with Crippen LogP contribution in [0.1, 0.15) is 26.2 Å². The summed E-state index contributed by atoms with van der Waals surface area (Å²) in [5.41, 5.74) is 0. The van der Waals surface area contributed by atoms with Gasteiger partial charge in [-0.2, -0.15) is 0 Å². The summed E-state index contributed by atoms with van der Waals surface area (Å²) in [5.74, 6) is 0.735. The number of rotatable bonds is 3. The molecule has 0 radical (unpaired) electrons. The van der Waals surface area contributed by atoms with Crippen LogP contribution in [0.2, 0.25) is 0 Å². The Balaban J connectivity index is 1.53. The zero-order valence-electron chi connectivity index (χ0n) is 11.7. The van der Waals surface area contributed by atoms with Crippen molar-refractivity contribution in [1.82, 2.24) is 9.88 Å². The third kappa shape index (κ3) is 2.93. The molecule has 20 heavy (non-hydrogen) atoms. The monoisotopic (exact) mass is 276 g/mol. The Labute approximate surface area is 118 Å². The summed E-state index contributed by atoms with van der Waals surface area (Å²) in [4.78, 5) is 18.3. The molecule has 3 heterocycles. The highest BCUT2D eigenvalue weighted by Crippen LogP contribution is 2.23. The molecule has 1 amide bonds. The molecule has 0 bridgehead atoms. The van der Waals surface area contributed by atoms with E-state index in [4.69, 9.17) is 9.47 Å². The molecule has 0 aliphatic carbocycles. The molecule has 2 fully saturated rings. The standard InChI is InChI=1S/C15H20N2O3/c1-11-5-6-13(19-11)15(18)17-9-7-12(10-17)20-14-4-2-3-8-16-14/h2-4,8,11-13H,5-7,9-10H2,1H3. The predicted octanol–water partition coefficient (Wildman–Crippen LogP) is 1.63. The minimum absolute atomic E-state index is 0.0349. The summed E-state index contributed by atoms with van der Waals surface area (Å²) in [5, 5.41) is 0. The van der Waals surface area contributed by atoms with Gasteiger partial charge in [0.1, 0.15) is 12.2 Å². The Hall–Kier alpha value is -1.62. The van der Waals surface area contributed by atoms with Crippen LogP contribution >= 0.6 is 0 Å². The number of aromatic nitrogens is 1. The van der Waals surface area contributed by atoms with Gasteiger partial charge < -0.3 is 14.4 Å². The van der Waals surface area contributed by atoms with E-state index >= 15 is 0 Å². The Morgan fingerprint density at radius 3 is 3.00 bits per heavy atom. The van der Waals surface area contributed by atoms with E-state index in [1.54, 1.807) is 6.20 Å². The molecule has 5 nitrogen and oxygen atoms in total. The van der Waals surface area contributed by atoms with Crippen molar-refractivity contribution >= 4 is 5.91 Å². The number of carbonyl (C=O) groups excluding carboxylic acids is 1. The summed E-state index contributed by atoms with van der Waals surface area (Å²) in [6.07, 6.45) is 4.35. The fourth-order valence-corrected chi connectivity index (χ4v) is 2.80.